The highest BCUT2D eigenvalue weighted by atomic mass is 19.4. The van der Waals surface area contributed by atoms with Crippen molar-refractivity contribution in [3.8, 4) is 11.1 Å². The number of nitrogens with two attached hydrogens (primary N) is 1. The Labute approximate surface area is 142 Å². The number of aliphatic hydroxyl groups excluding tert-OH is 1. The van der Waals surface area contributed by atoms with Crippen molar-refractivity contribution in [2.24, 2.45) is 5.73 Å². The molecule has 0 aliphatic heterocycles. The first kappa shape index (κ1) is 18.9. The smallest absolute Gasteiger partial charge is 0.379 e. The van der Waals surface area contributed by atoms with E-state index in [0.717, 1.165) is 12.1 Å². The van der Waals surface area contributed by atoms with Crippen LogP contribution in [0.1, 0.15) is 31.1 Å². The Morgan fingerprint density at radius 2 is 1.64 bits per heavy atom. The van der Waals surface area contributed by atoms with Gasteiger partial charge in [0.05, 0.1) is 5.41 Å². The second-order valence-corrected chi connectivity index (χ2v) is 6.25. The zero-order chi connectivity index (χ0) is 19.0. The Morgan fingerprint density at radius 3 is 2.08 bits per heavy atom. The molecule has 0 radical (unpaired) electrons. The predicted octanol–water partition coefficient (Wildman–Crippen LogP) is 3.85. The fourth-order valence-electron chi connectivity index (χ4n) is 2.31. The third kappa shape index (κ3) is 3.82. The molecule has 7 heteroatoms. The minimum absolute atomic E-state index is 0.164. The van der Waals surface area contributed by atoms with Gasteiger partial charge in [-0.3, -0.25) is 4.79 Å². The van der Waals surface area contributed by atoms with Crippen molar-refractivity contribution in [1.82, 2.24) is 0 Å². The number of primary amides is 1. The summed E-state index contributed by atoms with van der Waals surface area (Å²) in [4.78, 5) is 11.5. The zero-order valence-corrected chi connectivity index (χ0v) is 13.6. The molecule has 25 heavy (non-hydrogen) atoms. The standard InChI is InChI=1S/C18H17F4NO2/c1-17(2,16(23)25)12-7-8-13(14(19)9-12)10-3-5-11(6-4-10)15(24)18(20,21)22/h3-9,15,24H,1-2H3,(H2,23,25)/t15-/m1/s1. The lowest BCUT2D eigenvalue weighted by Crippen LogP contribution is -2.35. The molecule has 0 aliphatic rings. The molecule has 0 unspecified atom stereocenters. The molecule has 0 bridgehead atoms. The van der Waals surface area contributed by atoms with E-state index in [2.05, 4.69) is 0 Å². The predicted molar refractivity (Wildman–Crippen MR) is 85.1 cm³/mol. The Bertz CT molecular complexity index is 783. The molecule has 2 aromatic carbocycles. The lowest BCUT2D eigenvalue weighted by Gasteiger charge is -2.21. The number of rotatable bonds is 4. The third-order valence-corrected chi connectivity index (χ3v) is 4.15. The van der Waals surface area contributed by atoms with Crippen LogP contribution in [0.5, 0.6) is 0 Å². The number of carbonyl (C=O) groups is 1. The monoisotopic (exact) mass is 355 g/mol. The van der Waals surface area contributed by atoms with E-state index in [9.17, 15) is 27.5 Å². The second kappa shape index (κ2) is 6.48. The van der Waals surface area contributed by atoms with Crippen LogP contribution < -0.4 is 5.73 Å². The van der Waals surface area contributed by atoms with Crippen LogP contribution in [0.3, 0.4) is 0 Å². The molecule has 0 aromatic heterocycles. The highest BCUT2D eigenvalue weighted by Gasteiger charge is 2.39. The van der Waals surface area contributed by atoms with Gasteiger partial charge in [0.1, 0.15) is 5.82 Å². The number of aliphatic hydroxyl groups is 1. The van der Waals surface area contributed by atoms with Gasteiger partial charge in [0.15, 0.2) is 6.10 Å². The quantitative estimate of drug-likeness (QED) is 0.819. The summed E-state index contributed by atoms with van der Waals surface area (Å²) in [5, 5.41) is 9.21. The van der Waals surface area contributed by atoms with Crippen LogP contribution in [0.15, 0.2) is 42.5 Å². The van der Waals surface area contributed by atoms with Gasteiger partial charge in [-0.1, -0.05) is 36.4 Å². The summed E-state index contributed by atoms with van der Waals surface area (Å²) in [6, 6.07) is 8.93. The van der Waals surface area contributed by atoms with Crippen LogP contribution >= 0.6 is 0 Å². The number of hydrogen-bond acceptors (Lipinski definition) is 2. The van der Waals surface area contributed by atoms with Crippen LogP contribution in [0, 0.1) is 5.82 Å². The zero-order valence-electron chi connectivity index (χ0n) is 13.6. The topological polar surface area (TPSA) is 63.3 Å². The largest absolute Gasteiger partial charge is 0.418 e. The summed E-state index contributed by atoms with van der Waals surface area (Å²) in [7, 11) is 0. The summed E-state index contributed by atoms with van der Waals surface area (Å²) < 4.78 is 51.9. The van der Waals surface area contributed by atoms with Gasteiger partial charge in [0.2, 0.25) is 5.91 Å². The first-order chi connectivity index (χ1) is 11.4. The fourth-order valence-corrected chi connectivity index (χ4v) is 2.31. The molecule has 0 aliphatic carbocycles. The molecule has 3 N–H and O–H groups in total. The van der Waals surface area contributed by atoms with Crippen LogP contribution in [0.4, 0.5) is 17.6 Å². The Morgan fingerprint density at radius 1 is 1.08 bits per heavy atom. The lowest BCUT2D eigenvalue weighted by atomic mass is 9.83. The molecule has 134 valence electrons. The van der Waals surface area contributed by atoms with Crippen LogP contribution in [-0.4, -0.2) is 17.2 Å². The van der Waals surface area contributed by atoms with E-state index in [1.165, 1.54) is 24.3 Å². The van der Waals surface area contributed by atoms with Gasteiger partial charge in [0, 0.05) is 5.56 Å². The van der Waals surface area contributed by atoms with Gasteiger partial charge in [-0.25, -0.2) is 4.39 Å². The van der Waals surface area contributed by atoms with Gasteiger partial charge in [-0.15, -0.1) is 0 Å². The van der Waals surface area contributed by atoms with Crippen molar-refractivity contribution in [2.75, 3.05) is 0 Å². The van der Waals surface area contributed by atoms with E-state index in [0.29, 0.717) is 11.1 Å². The first-order valence-corrected chi connectivity index (χ1v) is 7.39. The van der Waals surface area contributed by atoms with Gasteiger partial charge in [0.25, 0.3) is 0 Å². The van der Waals surface area contributed by atoms with Crippen molar-refractivity contribution >= 4 is 5.91 Å². The van der Waals surface area contributed by atoms with E-state index in [-0.39, 0.29) is 11.1 Å². The average molecular weight is 355 g/mol. The second-order valence-electron chi connectivity index (χ2n) is 6.25. The minimum atomic E-state index is -4.77. The molecule has 0 heterocycles. The number of amides is 1. The lowest BCUT2D eigenvalue weighted by molar-refractivity contribution is -0.206. The van der Waals surface area contributed by atoms with E-state index in [1.807, 2.05) is 0 Å². The molecule has 2 aromatic rings. The average Bonchev–Trinajstić information content (AvgIpc) is 2.53. The van der Waals surface area contributed by atoms with Crippen molar-refractivity contribution < 1.29 is 27.5 Å². The number of benzene rings is 2. The molecule has 0 saturated heterocycles. The fraction of sp³-hybridized carbons (Fsp3) is 0.278. The number of hydrogen-bond donors (Lipinski definition) is 2. The van der Waals surface area contributed by atoms with Crippen LogP contribution in [0.2, 0.25) is 0 Å². The van der Waals surface area contributed by atoms with E-state index in [1.54, 1.807) is 19.9 Å². The van der Waals surface area contributed by atoms with Crippen molar-refractivity contribution in [2.45, 2.75) is 31.5 Å². The molecule has 2 rings (SSSR count). The molecule has 0 spiro atoms. The maximum Gasteiger partial charge on any atom is 0.418 e. The van der Waals surface area contributed by atoms with Gasteiger partial charge >= 0.3 is 6.18 Å². The highest BCUT2D eigenvalue weighted by molar-refractivity contribution is 5.86. The molecule has 1 atom stereocenters. The highest BCUT2D eigenvalue weighted by Crippen LogP contribution is 2.34. The summed E-state index contributed by atoms with van der Waals surface area (Å²) in [6.45, 7) is 3.13. The Kier molecular flexibility index (Phi) is 4.90. The van der Waals surface area contributed by atoms with Crippen molar-refractivity contribution in [3.63, 3.8) is 0 Å². The molecule has 3 nitrogen and oxygen atoms in total. The van der Waals surface area contributed by atoms with Gasteiger partial charge in [-0.2, -0.15) is 13.2 Å². The summed E-state index contributed by atoms with van der Waals surface area (Å²) in [6.07, 6.45) is -7.36. The minimum Gasteiger partial charge on any atom is -0.379 e. The maximum atomic E-state index is 14.4. The van der Waals surface area contributed by atoms with Crippen molar-refractivity contribution in [1.29, 1.82) is 0 Å². The van der Waals surface area contributed by atoms with E-state index in [4.69, 9.17) is 5.73 Å². The normalized spacial score (nSPS) is 13.6. The summed E-state index contributed by atoms with van der Waals surface area (Å²) >= 11 is 0. The molecular weight excluding hydrogens is 338 g/mol. The SMILES string of the molecule is CC(C)(C(N)=O)c1ccc(-c2ccc([C@@H](O)C(F)(F)F)cc2)c(F)c1. The summed E-state index contributed by atoms with van der Waals surface area (Å²) in [5.41, 5.74) is 4.82. The van der Waals surface area contributed by atoms with Gasteiger partial charge < -0.3 is 10.8 Å². The molecule has 0 fully saturated rings. The van der Waals surface area contributed by atoms with E-state index >= 15 is 0 Å². The van der Waals surface area contributed by atoms with Crippen LogP contribution in [0.25, 0.3) is 11.1 Å². The van der Waals surface area contributed by atoms with Crippen LogP contribution in [-0.2, 0) is 10.2 Å². The number of alkyl halides is 3. The van der Waals surface area contributed by atoms with Crippen molar-refractivity contribution in [3.05, 3.63) is 59.4 Å². The molecule has 0 saturated carbocycles. The first-order valence-electron chi connectivity index (χ1n) is 7.39. The Hall–Kier alpha value is -2.41. The molecular formula is C18H17F4NO2. The van der Waals surface area contributed by atoms with Gasteiger partial charge in [-0.05, 0) is 36.6 Å². The number of carbonyl (C=O) groups excluding carboxylic acids is 1. The van der Waals surface area contributed by atoms with E-state index < -0.39 is 29.4 Å². The Balaban J connectivity index is 2.36. The maximum absolute atomic E-state index is 14.4. The summed E-state index contributed by atoms with van der Waals surface area (Å²) in [5.74, 6) is -1.24. The molecule has 1 amide bonds. The third-order valence-electron chi connectivity index (χ3n) is 4.15. The number of halogens is 4.